The van der Waals surface area contributed by atoms with Crippen LogP contribution in [0.5, 0.6) is 5.75 Å². The van der Waals surface area contributed by atoms with Crippen LogP contribution in [0.4, 0.5) is 18.0 Å². The number of rotatable bonds is 6. The Hall–Kier alpha value is -3.41. The van der Waals surface area contributed by atoms with E-state index in [4.69, 9.17) is 19.4 Å². The summed E-state index contributed by atoms with van der Waals surface area (Å²) < 4.78 is 43.1. The van der Waals surface area contributed by atoms with Gasteiger partial charge in [-0.05, 0) is 49.4 Å². The molecule has 0 unspecified atom stereocenters. The van der Waals surface area contributed by atoms with Gasteiger partial charge in [-0.25, -0.2) is 14.6 Å². The summed E-state index contributed by atoms with van der Waals surface area (Å²) >= 11 is 1.50. The lowest BCUT2D eigenvalue weighted by Crippen LogP contribution is -2.39. The number of fused-ring (bicyclic) bond motifs is 1. The maximum atomic E-state index is 12.2. The van der Waals surface area contributed by atoms with Crippen LogP contribution in [0.1, 0.15) is 25.0 Å². The Bertz CT molecular complexity index is 1100. The molecule has 0 atom stereocenters. The Morgan fingerprint density at radius 3 is 2.54 bits per heavy atom. The first-order chi connectivity index (χ1) is 16.7. The summed E-state index contributed by atoms with van der Waals surface area (Å²) in [5.41, 5.74) is 3.49. The SMILES string of the molecule is O=C(O)C(F)(F)F.O=C(OCc1cscn1)N1CCC(CCOc2cccc3ncccc23)CC1. The smallest absolute Gasteiger partial charge is 0.490 e. The van der Waals surface area contributed by atoms with Crippen LogP contribution in [0.2, 0.25) is 0 Å². The molecule has 3 aromatic rings. The van der Waals surface area contributed by atoms with E-state index in [1.165, 1.54) is 11.3 Å². The fourth-order valence-corrected chi connectivity index (χ4v) is 4.02. The second kappa shape index (κ2) is 12.3. The highest BCUT2D eigenvalue weighted by Gasteiger charge is 2.38. The summed E-state index contributed by atoms with van der Waals surface area (Å²) in [7, 11) is 0. The minimum atomic E-state index is -5.08. The molecule has 1 aromatic carbocycles. The van der Waals surface area contributed by atoms with Gasteiger partial charge in [-0.15, -0.1) is 11.3 Å². The zero-order valence-electron chi connectivity index (χ0n) is 18.6. The summed E-state index contributed by atoms with van der Waals surface area (Å²) in [6.45, 7) is 2.39. The second-order valence-electron chi connectivity index (χ2n) is 7.73. The van der Waals surface area contributed by atoms with Gasteiger partial charge >= 0.3 is 18.2 Å². The number of thiazole rings is 1. The molecule has 1 saturated heterocycles. The topological polar surface area (TPSA) is 102 Å². The third kappa shape index (κ3) is 8.09. The standard InChI is InChI=1S/C21H23N3O3S.C2HF3O2/c25-21(27-13-17-14-28-15-23-17)24-10-6-16(7-11-24)8-12-26-20-5-1-4-19-18(20)3-2-9-22-19;3-2(4,5)1(6)7/h1-5,9,14-16H,6-8,10-13H2;(H,6,7). The quantitative estimate of drug-likeness (QED) is 0.489. The second-order valence-corrected chi connectivity index (χ2v) is 8.45. The largest absolute Gasteiger partial charge is 0.493 e. The average Bonchev–Trinajstić information content (AvgIpc) is 3.37. The van der Waals surface area contributed by atoms with E-state index < -0.39 is 12.1 Å². The zero-order chi connectivity index (χ0) is 25.3. The summed E-state index contributed by atoms with van der Waals surface area (Å²) in [4.78, 5) is 31.4. The number of carbonyl (C=O) groups excluding carboxylic acids is 1. The first-order valence-electron chi connectivity index (χ1n) is 10.8. The molecule has 0 spiro atoms. The molecule has 188 valence electrons. The molecule has 1 fully saturated rings. The number of alkyl halides is 3. The summed E-state index contributed by atoms with van der Waals surface area (Å²) in [6, 6.07) is 9.92. The Kier molecular flexibility index (Phi) is 9.24. The van der Waals surface area contributed by atoms with E-state index in [1.54, 1.807) is 16.6 Å². The van der Waals surface area contributed by atoms with Crippen LogP contribution < -0.4 is 4.74 Å². The number of likely N-dealkylation sites (tertiary alicyclic amines) is 1. The highest BCUT2D eigenvalue weighted by atomic mass is 32.1. The maximum absolute atomic E-state index is 12.2. The lowest BCUT2D eigenvalue weighted by molar-refractivity contribution is -0.192. The Labute approximate surface area is 203 Å². The predicted octanol–water partition coefficient (Wildman–Crippen LogP) is 5.14. The monoisotopic (exact) mass is 511 g/mol. The molecule has 35 heavy (non-hydrogen) atoms. The van der Waals surface area contributed by atoms with Gasteiger partial charge in [0.15, 0.2) is 0 Å². The summed E-state index contributed by atoms with van der Waals surface area (Å²) in [6.07, 6.45) is -0.593. The van der Waals surface area contributed by atoms with Crippen molar-refractivity contribution in [2.75, 3.05) is 19.7 Å². The minimum Gasteiger partial charge on any atom is -0.493 e. The number of ether oxygens (including phenoxy) is 2. The zero-order valence-corrected chi connectivity index (χ0v) is 19.4. The normalized spacial score (nSPS) is 14.2. The van der Waals surface area contributed by atoms with Crippen LogP contribution in [0.25, 0.3) is 10.9 Å². The van der Waals surface area contributed by atoms with Gasteiger partial charge in [0.2, 0.25) is 0 Å². The highest BCUT2D eigenvalue weighted by Crippen LogP contribution is 2.26. The van der Waals surface area contributed by atoms with Crippen LogP contribution in [-0.2, 0) is 16.1 Å². The number of carboxylic acids is 1. The molecule has 1 N–H and O–H groups in total. The molecule has 1 amide bonds. The van der Waals surface area contributed by atoms with Crippen LogP contribution in [0.15, 0.2) is 47.4 Å². The lowest BCUT2D eigenvalue weighted by Gasteiger charge is -2.31. The molecule has 4 rings (SSSR count). The van der Waals surface area contributed by atoms with E-state index in [2.05, 4.69) is 9.97 Å². The Morgan fingerprint density at radius 1 is 1.14 bits per heavy atom. The van der Waals surface area contributed by atoms with Crippen LogP contribution in [0.3, 0.4) is 0 Å². The van der Waals surface area contributed by atoms with Crippen molar-refractivity contribution in [1.29, 1.82) is 0 Å². The van der Waals surface area contributed by atoms with E-state index in [0.717, 1.165) is 54.7 Å². The van der Waals surface area contributed by atoms with Crippen LogP contribution in [-0.4, -0.2) is 57.9 Å². The van der Waals surface area contributed by atoms with Gasteiger partial charge in [0.25, 0.3) is 0 Å². The molecular formula is C23H24F3N3O5S. The number of hydrogen-bond donors (Lipinski definition) is 1. The number of carbonyl (C=O) groups is 2. The van der Waals surface area contributed by atoms with E-state index in [0.29, 0.717) is 12.5 Å². The van der Waals surface area contributed by atoms with E-state index in [1.807, 2.05) is 35.7 Å². The van der Waals surface area contributed by atoms with Gasteiger partial charge in [0.05, 0.1) is 23.3 Å². The third-order valence-corrected chi connectivity index (χ3v) is 5.97. The van der Waals surface area contributed by atoms with E-state index >= 15 is 0 Å². The number of carboxylic acid groups (broad SMARTS) is 1. The number of amides is 1. The minimum absolute atomic E-state index is 0.244. The molecule has 0 bridgehead atoms. The third-order valence-electron chi connectivity index (χ3n) is 5.33. The van der Waals surface area contributed by atoms with Crippen LogP contribution >= 0.6 is 11.3 Å². The van der Waals surface area contributed by atoms with Gasteiger partial charge in [-0.1, -0.05) is 6.07 Å². The lowest BCUT2D eigenvalue weighted by atomic mass is 9.94. The van der Waals surface area contributed by atoms with E-state index in [-0.39, 0.29) is 12.7 Å². The number of nitrogens with zero attached hydrogens (tertiary/aromatic N) is 3. The van der Waals surface area contributed by atoms with Gasteiger partial charge in [0.1, 0.15) is 12.4 Å². The number of hydrogen-bond acceptors (Lipinski definition) is 7. The van der Waals surface area contributed by atoms with Gasteiger partial charge in [0, 0.05) is 30.1 Å². The Balaban J connectivity index is 0.000000429. The predicted molar refractivity (Wildman–Crippen MR) is 122 cm³/mol. The first-order valence-corrected chi connectivity index (χ1v) is 11.7. The molecule has 1 aliphatic heterocycles. The Morgan fingerprint density at radius 2 is 1.89 bits per heavy atom. The van der Waals surface area contributed by atoms with Gasteiger partial charge < -0.3 is 19.5 Å². The van der Waals surface area contributed by atoms with Crippen LogP contribution in [0, 0.1) is 5.92 Å². The highest BCUT2D eigenvalue weighted by molar-refractivity contribution is 7.07. The van der Waals surface area contributed by atoms with Crippen molar-refractivity contribution < 1.29 is 37.3 Å². The number of aromatic nitrogens is 2. The van der Waals surface area contributed by atoms with Gasteiger partial charge in [-0.3, -0.25) is 4.98 Å². The van der Waals surface area contributed by atoms with Crippen molar-refractivity contribution in [3.8, 4) is 5.75 Å². The molecular weight excluding hydrogens is 487 g/mol. The number of aliphatic carboxylic acids is 1. The van der Waals surface area contributed by atoms with Gasteiger partial charge in [-0.2, -0.15) is 13.2 Å². The number of piperidine rings is 1. The summed E-state index contributed by atoms with van der Waals surface area (Å²) in [5, 5.41) is 10.1. The van der Waals surface area contributed by atoms with Crippen molar-refractivity contribution in [2.45, 2.75) is 32.0 Å². The molecule has 0 aliphatic carbocycles. The van der Waals surface area contributed by atoms with Crippen molar-refractivity contribution in [3.63, 3.8) is 0 Å². The maximum Gasteiger partial charge on any atom is 0.490 e. The molecule has 12 heteroatoms. The molecule has 8 nitrogen and oxygen atoms in total. The van der Waals surface area contributed by atoms with Crippen molar-refractivity contribution >= 4 is 34.3 Å². The van der Waals surface area contributed by atoms with Crippen molar-refractivity contribution in [3.05, 3.63) is 53.1 Å². The molecule has 2 aromatic heterocycles. The average molecular weight is 512 g/mol. The molecule has 1 aliphatic rings. The fraction of sp³-hybridized carbons (Fsp3) is 0.391. The molecule has 0 radical (unpaired) electrons. The molecule has 0 saturated carbocycles. The van der Waals surface area contributed by atoms with Crippen molar-refractivity contribution in [1.82, 2.24) is 14.9 Å². The number of benzene rings is 1. The number of pyridine rings is 1. The van der Waals surface area contributed by atoms with Crippen molar-refractivity contribution in [2.24, 2.45) is 5.92 Å². The fourth-order valence-electron chi connectivity index (χ4n) is 3.48. The first kappa shape index (κ1) is 26.2. The number of halogens is 3. The van der Waals surface area contributed by atoms with E-state index in [9.17, 15) is 18.0 Å². The molecule has 3 heterocycles. The summed E-state index contributed by atoms with van der Waals surface area (Å²) in [5.74, 6) is -1.31.